The largest absolute Gasteiger partial charge is 0.397 e. The summed E-state index contributed by atoms with van der Waals surface area (Å²) in [5.41, 5.74) is 6.50. The molecule has 0 bridgehead atoms. The van der Waals surface area contributed by atoms with Crippen molar-refractivity contribution in [2.24, 2.45) is 0 Å². The van der Waals surface area contributed by atoms with Gasteiger partial charge in [-0.25, -0.2) is 0 Å². The Morgan fingerprint density at radius 3 is 3.11 bits per heavy atom. The smallest absolute Gasteiger partial charge is 0.263 e. The van der Waals surface area contributed by atoms with E-state index in [1.165, 1.54) is 11.3 Å². The quantitative estimate of drug-likeness (QED) is 0.882. The predicted molar refractivity (Wildman–Crippen MR) is 79.0 cm³/mol. The number of carbonyl (C=O) groups excluding carboxylic acids is 1. The Bertz CT molecular complexity index is 447. The fourth-order valence-corrected chi connectivity index (χ4v) is 3.16. The van der Waals surface area contributed by atoms with Crippen molar-refractivity contribution in [1.82, 2.24) is 5.32 Å². The Kier molecular flexibility index (Phi) is 4.66. The van der Waals surface area contributed by atoms with E-state index >= 15 is 0 Å². The van der Waals surface area contributed by atoms with Gasteiger partial charge in [0.25, 0.3) is 5.91 Å². The number of hydrogen-bond donors (Lipinski definition) is 2. The van der Waals surface area contributed by atoms with Gasteiger partial charge in [-0.05, 0) is 19.4 Å². The van der Waals surface area contributed by atoms with Crippen molar-refractivity contribution < 1.29 is 9.53 Å². The van der Waals surface area contributed by atoms with Crippen LogP contribution in [-0.2, 0) is 4.74 Å². The lowest BCUT2D eigenvalue weighted by Crippen LogP contribution is -2.41. The molecule has 3 N–H and O–H groups in total. The van der Waals surface area contributed by atoms with E-state index in [0.29, 0.717) is 17.1 Å². The Morgan fingerprint density at radius 1 is 1.63 bits per heavy atom. The van der Waals surface area contributed by atoms with Crippen molar-refractivity contribution in [2.45, 2.75) is 26.4 Å². The molecule has 1 aliphatic rings. The standard InChI is InChI=1S/C13H21N3O2S/c1-3-9-8-16(5-6-18-9)11-7-10(14)12(19-11)13(17)15-4-2/h7,9H,3-6,8,14H2,1-2H3,(H,15,17). The molecular formula is C13H21N3O2S. The molecule has 1 fully saturated rings. The first-order chi connectivity index (χ1) is 9.15. The summed E-state index contributed by atoms with van der Waals surface area (Å²) in [7, 11) is 0. The summed E-state index contributed by atoms with van der Waals surface area (Å²) in [6.07, 6.45) is 1.27. The first kappa shape index (κ1) is 14.1. The van der Waals surface area contributed by atoms with Crippen LogP contribution in [0.1, 0.15) is 29.9 Å². The molecule has 0 spiro atoms. The van der Waals surface area contributed by atoms with Crippen LogP contribution >= 0.6 is 11.3 Å². The molecule has 1 aliphatic heterocycles. The van der Waals surface area contributed by atoms with Crippen molar-refractivity contribution in [3.05, 3.63) is 10.9 Å². The van der Waals surface area contributed by atoms with E-state index in [1.54, 1.807) is 0 Å². The SMILES string of the molecule is CCNC(=O)c1sc(N2CCOC(CC)C2)cc1N. The normalized spacial score (nSPS) is 19.5. The molecule has 0 aromatic carbocycles. The topological polar surface area (TPSA) is 67.6 Å². The number of rotatable bonds is 4. The molecule has 1 atom stereocenters. The van der Waals surface area contributed by atoms with E-state index in [9.17, 15) is 4.79 Å². The highest BCUT2D eigenvalue weighted by Crippen LogP contribution is 2.33. The maximum absolute atomic E-state index is 11.9. The van der Waals surface area contributed by atoms with Gasteiger partial charge >= 0.3 is 0 Å². The number of carbonyl (C=O) groups is 1. The summed E-state index contributed by atoms with van der Waals surface area (Å²) in [6.45, 7) is 7.08. The molecule has 0 aliphatic carbocycles. The fraction of sp³-hybridized carbons (Fsp3) is 0.615. The minimum absolute atomic E-state index is 0.0865. The van der Waals surface area contributed by atoms with Gasteiger partial charge in [-0.1, -0.05) is 6.92 Å². The van der Waals surface area contributed by atoms with Crippen LogP contribution in [-0.4, -0.2) is 38.3 Å². The molecule has 0 radical (unpaired) electrons. The molecule has 1 unspecified atom stereocenters. The first-order valence-corrected chi connectivity index (χ1v) is 7.51. The van der Waals surface area contributed by atoms with Gasteiger partial charge in [0.15, 0.2) is 0 Å². The minimum Gasteiger partial charge on any atom is -0.397 e. The summed E-state index contributed by atoms with van der Waals surface area (Å²) >= 11 is 1.46. The third-order valence-corrected chi connectivity index (χ3v) is 4.41. The maximum atomic E-state index is 11.9. The second-order valence-electron chi connectivity index (χ2n) is 4.58. The molecule has 19 heavy (non-hydrogen) atoms. The van der Waals surface area contributed by atoms with Crippen molar-refractivity contribution >= 4 is 27.9 Å². The minimum atomic E-state index is -0.0865. The van der Waals surface area contributed by atoms with Gasteiger partial charge < -0.3 is 20.7 Å². The highest BCUT2D eigenvalue weighted by atomic mass is 32.1. The van der Waals surface area contributed by atoms with Crippen LogP contribution in [0.3, 0.4) is 0 Å². The third-order valence-electron chi connectivity index (χ3n) is 3.20. The van der Waals surface area contributed by atoms with E-state index in [-0.39, 0.29) is 12.0 Å². The highest BCUT2D eigenvalue weighted by molar-refractivity contribution is 7.18. The van der Waals surface area contributed by atoms with E-state index in [0.717, 1.165) is 31.1 Å². The summed E-state index contributed by atoms with van der Waals surface area (Å²) in [5, 5.41) is 3.84. The fourth-order valence-electron chi connectivity index (χ4n) is 2.13. The van der Waals surface area contributed by atoms with Gasteiger partial charge in [0.2, 0.25) is 0 Å². The summed E-state index contributed by atoms with van der Waals surface area (Å²) in [5.74, 6) is -0.0865. The second-order valence-corrected chi connectivity index (χ2v) is 5.61. The lowest BCUT2D eigenvalue weighted by Gasteiger charge is -2.33. The number of amides is 1. The lowest BCUT2D eigenvalue weighted by molar-refractivity contribution is 0.0386. The zero-order valence-corrected chi connectivity index (χ0v) is 12.3. The van der Waals surface area contributed by atoms with Gasteiger partial charge in [0, 0.05) is 19.6 Å². The second kappa shape index (κ2) is 6.25. The van der Waals surface area contributed by atoms with E-state index in [1.807, 2.05) is 13.0 Å². The van der Waals surface area contributed by atoms with Crippen molar-refractivity contribution in [2.75, 3.05) is 36.9 Å². The van der Waals surface area contributed by atoms with Gasteiger partial charge in [0.05, 0.1) is 23.4 Å². The molecule has 1 saturated heterocycles. The van der Waals surface area contributed by atoms with E-state index in [2.05, 4.69) is 17.1 Å². The predicted octanol–water partition coefficient (Wildman–Crippen LogP) is 1.70. The number of nitrogen functional groups attached to an aromatic ring is 1. The van der Waals surface area contributed by atoms with Crippen LogP contribution in [0.5, 0.6) is 0 Å². The van der Waals surface area contributed by atoms with Gasteiger partial charge in [-0.15, -0.1) is 11.3 Å². The summed E-state index contributed by atoms with van der Waals surface area (Å²) < 4.78 is 5.65. The van der Waals surface area contributed by atoms with Gasteiger partial charge in [0.1, 0.15) is 4.88 Å². The van der Waals surface area contributed by atoms with Crippen LogP contribution in [0.2, 0.25) is 0 Å². The number of ether oxygens (including phenoxy) is 1. The molecule has 2 heterocycles. The van der Waals surface area contributed by atoms with Gasteiger partial charge in [-0.3, -0.25) is 4.79 Å². The molecule has 2 rings (SSSR count). The van der Waals surface area contributed by atoms with Crippen LogP contribution in [0.4, 0.5) is 10.7 Å². The Morgan fingerprint density at radius 2 is 2.42 bits per heavy atom. The number of nitrogens with one attached hydrogen (secondary N) is 1. The average Bonchev–Trinajstić information content (AvgIpc) is 2.81. The molecule has 5 nitrogen and oxygen atoms in total. The number of anilines is 2. The van der Waals surface area contributed by atoms with Gasteiger partial charge in [-0.2, -0.15) is 0 Å². The van der Waals surface area contributed by atoms with Crippen molar-refractivity contribution in [1.29, 1.82) is 0 Å². The Labute approximate surface area is 117 Å². The lowest BCUT2D eigenvalue weighted by atomic mass is 10.2. The van der Waals surface area contributed by atoms with Crippen LogP contribution in [0.25, 0.3) is 0 Å². The molecule has 1 amide bonds. The summed E-state index contributed by atoms with van der Waals surface area (Å²) in [4.78, 5) is 14.7. The number of thiophene rings is 1. The zero-order valence-electron chi connectivity index (χ0n) is 11.4. The van der Waals surface area contributed by atoms with E-state index < -0.39 is 0 Å². The molecule has 0 saturated carbocycles. The Hall–Kier alpha value is -1.27. The molecular weight excluding hydrogens is 262 g/mol. The highest BCUT2D eigenvalue weighted by Gasteiger charge is 2.22. The maximum Gasteiger partial charge on any atom is 0.263 e. The van der Waals surface area contributed by atoms with Crippen molar-refractivity contribution in [3.8, 4) is 0 Å². The van der Waals surface area contributed by atoms with Crippen molar-refractivity contribution in [3.63, 3.8) is 0 Å². The first-order valence-electron chi connectivity index (χ1n) is 6.69. The zero-order chi connectivity index (χ0) is 13.8. The van der Waals surface area contributed by atoms with E-state index in [4.69, 9.17) is 10.5 Å². The molecule has 106 valence electrons. The van der Waals surface area contributed by atoms with Crippen LogP contribution in [0.15, 0.2) is 6.07 Å². The molecule has 1 aromatic rings. The average molecular weight is 283 g/mol. The number of hydrogen-bond acceptors (Lipinski definition) is 5. The third kappa shape index (κ3) is 3.19. The molecule has 6 heteroatoms. The van der Waals surface area contributed by atoms with Crippen LogP contribution in [0, 0.1) is 0 Å². The summed E-state index contributed by atoms with van der Waals surface area (Å²) in [6, 6.07) is 1.90. The number of nitrogens with two attached hydrogens (primary N) is 1. The Balaban J connectivity index is 2.13. The number of morpholine rings is 1. The molecule has 1 aromatic heterocycles. The number of nitrogens with zero attached hydrogens (tertiary/aromatic N) is 1. The van der Waals surface area contributed by atoms with Crippen LogP contribution < -0.4 is 16.0 Å². The monoisotopic (exact) mass is 283 g/mol.